The van der Waals surface area contributed by atoms with Gasteiger partial charge in [-0.15, -0.1) is 0 Å². The van der Waals surface area contributed by atoms with Crippen LogP contribution in [0.2, 0.25) is 0 Å². The van der Waals surface area contributed by atoms with E-state index in [1.807, 2.05) is 70.2 Å². The molecule has 2 amide bonds. The summed E-state index contributed by atoms with van der Waals surface area (Å²) in [5.74, 6) is -0.700. The highest BCUT2D eigenvalue weighted by atomic mass is 32.2. The second kappa shape index (κ2) is 13.2. The number of amides is 2. The van der Waals surface area contributed by atoms with Gasteiger partial charge in [-0.3, -0.25) is 13.9 Å². The minimum Gasteiger partial charge on any atom is -0.354 e. The van der Waals surface area contributed by atoms with E-state index in [0.717, 1.165) is 27.4 Å². The molecule has 0 fully saturated rings. The molecular weight excluding hydrogens is 498 g/mol. The van der Waals surface area contributed by atoms with E-state index in [2.05, 4.69) is 5.32 Å². The molecule has 0 heterocycles. The number of benzene rings is 3. The molecule has 38 heavy (non-hydrogen) atoms. The van der Waals surface area contributed by atoms with Gasteiger partial charge in [0.2, 0.25) is 11.8 Å². The fraction of sp³-hybridized carbons (Fsp3) is 0.333. The van der Waals surface area contributed by atoms with Crippen molar-refractivity contribution in [3.8, 4) is 0 Å². The van der Waals surface area contributed by atoms with Crippen LogP contribution in [0.4, 0.5) is 5.69 Å². The van der Waals surface area contributed by atoms with Crippen molar-refractivity contribution in [1.82, 2.24) is 10.2 Å². The van der Waals surface area contributed by atoms with E-state index in [1.165, 1.54) is 17.0 Å². The van der Waals surface area contributed by atoms with Gasteiger partial charge in [-0.05, 0) is 56.0 Å². The Morgan fingerprint density at radius 2 is 1.53 bits per heavy atom. The molecule has 0 aliphatic carbocycles. The monoisotopic (exact) mass is 535 g/mol. The van der Waals surface area contributed by atoms with E-state index in [9.17, 15) is 18.0 Å². The number of carbonyl (C=O) groups is 2. The summed E-state index contributed by atoms with van der Waals surface area (Å²) in [5.41, 5.74) is 3.00. The van der Waals surface area contributed by atoms with Crippen LogP contribution in [-0.2, 0) is 26.2 Å². The summed E-state index contributed by atoms with van der Waals surface area (Å²) in [4.78, 5) is 28.7. The maximum Gasteiger partial charge on any atom is 0.264 e. The van der Waals surface area contributed by atoms with Crippen molar-refractivity contribution in [2.45, 2.75) is 58.0 Å². The molecule has 0 spiro atoms. The summed E-state index contributed by atoms with van der Waals surface area (Å²) in [6.45, 7) is 7.82. The first-order chi connectivity index (χ1) is 18.2. The third-order valence-electron chi connectivity index (χ3n) is 6.36. The highest BCUT2D eigenvalue weighted by molar-refractivity contribution is 7.92. The smallest absolute Gasteiger partial charge is 0.264 e. The molecule has 0 aromatic heterocycles. The van der Waals surface area contributed by atoms with Crippen LogP contribution < -0.4 is 9.62 Å². The summed E-state index contributed by atoms with van der Waals surface area (Å²) < 4.78 is 28.9. The average Bonchev–Trinajstić information content (AvgIpc) is 2.91. The lowest BCUT2D eigenvalue weighted by Crippen LogP contribution is -2.52. The topological polar surface area (TPSA) is 86.8 Å². The van der Waals surface area contributed by atoms with Crippen LogP contribution in [0.1, 0.15) is 43.4 Å². The van der Waals surface area contributed by atoms with Crippen molar-refractivity contribution >= 4 is 27.5 Å². The molecule has 0 radical (unpaired) electrons. The van der Waals surface area contributed by atoms with Gasteiger partial charge in [-0.2, -0.15) is 0 Å². The van der Waals surface area contributed by atoms with Gasteiger partial charge >= 0.3 is 0 Å². The predicted molar refractivity (Wildman–Crippen MR) is 151 cm³/mol. The van der Waals surface area contributed by atoms with Gasteiger partial charge < -0.3 is 10.2 Å². The first kappa shape index (κ1) is 28.9. The van der Waals surface area contributed by atoms with E-state index < -0.39 is 28.5 Å². The fourth-order valence-electron chi connectivity index (χ4n) is 4.38. The lowest BCUT2D eigenvalue weighted by molar-refractivity contribution is -0.140. The molecule has 1 atom stereocenters. The van der Waals surface area contributed by atoms with Crippen molar-refractivity contribution in [3.05, 3.63) is 95.6 Å². The average molecular weight is 536 g/mol. The largest absolute Gasteiger partial charge is 0.354 e. The highest BCUT2D eigenvalue weighted by Crippen LogP contribution is 2.28. The first-order valence-corrected chi connectivity index (χ1v) is 14.4. The maximum absolute atomic E-state index is 14.0. The van der Waals surface area contributed by atoms with E-state index in [0.29, 0.717) is 18.7 Å². The molecule has 0 aliphatic rings. The fourth-order valence-corrected chi connectivity index (χ4v) is 5.88. The molecule has 202 valence electrons. The normalized spacial score (nSPS) is 12.0. The number of hydrogen-bond donors (Lipinski definition) is 1. The number of aryl methyl sites for hydroxylation is 2. The van der Waals surface area contributed by atoms with Crippen molar-refractivity contribution in [1.29, 1.82) is 0 Å². The van der Waals surface area contributed by atoms with Crippen LogP contribution in [0.15, 0.2) is 83.8 Å². The van der Waals surface area contributed by atoms with Gasteiger partial charge in [-0.25, -0.2) is 8.42 Å². The molecular formula is C30H37N3O4S. The summed E-state index contributed by atoms with van der Waals surface area (Å²) in [5, 5.41) is 2.90. The summed E-state index contributed by atoms with van der Waals surface area (Å²) in [6.07, 6.45) is 1.16. The van der Waals surface area contributed by atoms with Crippen LogP contribution in [0.3, 0.4) is 0 Å². The molecule has 3 rings (SSSR count). The SMILES string of the molecule is CCCNC(=O)[C@H](CC)N(Cc1ccccc1)C(=O)CN(c1ccc(C)cc1C)S(=O)(=O)c1ccccc1. The van der Waals surface area contributed by atoms with E-state index in [4.69, 9.17) is 0 Å². The number of hydrogen-bond acceptors (Lipinski definition) is 4. The Morgan fingerprint density at radius 3 is 2.11 bits per heavy atom. The van der Waals surface area contributed by atoms with E-state index in [1.54, 1.807) is 24.3 Å². The molecule has 8 heteroatoms. The Morgan fingerprint density at radius 1 is 0.895 bits per heavy atom. The zero-order valence-electron chi connectivity index (χ0n) is 22.6. The van der Waals surface area contributed by atoms with Gasteiger partial charge in [0.25, 0.3) is 10.0 Å². The number of nitrogens with one attached hydrogen (secondary N) is 1. The molecule has 7 nitrogen and oxygen atoms in total. The summed E-state index contributed by atoms with van der Waals surface area (Å²) in [6, 6.07) is 22.2. The third kappa shape index (κ3) is 7.01. The Kier molecular flexibility index (Phi) is 10.1. The Balaban J connectivity index is 2.06. The Bertz CT molecular complexity index is 1330. The number of carbonyl (C=O) groups excluding carboxylic acids is 2. The van der Waals surface area contributed by atoms with Crippen LogP contribution in [0.25, 0.3) is 0 Å². The van der Waals surface area contributed by atoms with Gasteiger partial charge in [0.05, 0.1) is 10.6 Å². The van der Waals surface area contributed by atoms with Crippen molar-refractivity contribution in [3.63, 3.8) is 0 Å². The van der Waals surface area contributed by atoms with Gasteiger partial charge in [0.15, 0.2) is 0 Å². The van der Waals surface area contributed by atoms with Crippen LogP contribution in [0, 0.1) is 13.8 Å². The molecule has 0 aliphatic heterocycles. The van der Waals surface area contributed by atoms with E-state index >= 15 is 0 Å². The molecule has 3 aromatic carbocycles. The van der Waals surface area contributed by atoms with Crippen LogP contribution in [0.5, 0.6) is 0 Å². The number of nitrogens with zero attached hydrogens (tertiary/aromatic N) is 2. The molecule has 3 aromatic rings. The summed E-state index contributed by atoms with van der Waals surface area (Å²) >= 11 is 0. The van der Waals surface area contributed by atoms with Gasteiger partial charge in [0, 0.05) is 13.1 Å². The standard InChI is InChI=1S/C30H37N3O4S/c1-5-19-31-30(35)27(6-2)32(21-25-13-9-7-10-14-25)29(34)22-33(28-18-17-23(3)20-24(28)4)38(36,37)26-15-11-8-12-16-26/h7-18,20,27H,5-6,19,21-22H2,1-4H3,(H,31,35)/t27-/m0/s1. The molecule has 0 saturated carbocycles. The highest BCUT2D eigenvalue weighted by Gasteiger charge is 2.34. The lowest BCUT2D eigenvalue weighted by atomic mass is 10.1. The molecule has 0 bridgehead atoms. The van der Waals surface area contributed by atoms with E-state index in [-0.39, 0.29) is 17.3 Å². The molecule has 0 unspecified atom stereocenters. The van der Waals surface area contributed by atoms with Gasteiger partial charge in [-0.1, -0.05) is 80.1 Å². The third-order valence-corrected chi connectivity index (χ3v) is 8.14. The Labute approximate surface area is 226 Å². The van der Waals surface area contributed by atoms with Crippen molar-refractivity contribution < 1.29 is 18.0 Å². The second-order valence-electron chi connectivity index (χ2n) is 9.34. The van der Waals surface area contributed by atoms with Crippen molar-refractivity contribution in [2.75, 3.05) is 17.4 Å². The minimum absolute atomic E-state index is 0.0927. The second-order valence-corrected chi connectivity index (χ2v) is 11.2. The van der Waals surface area contributed by atoms with Gasteiger partial charge in [0.1, 0.15) is 12.6 Å². The Hall–Kier alpha value is -3.65. The first-order valence-electron chi connectivity index (χ1n) is 12.9. The van der Waals surface area contributed by atoms with Crippen LogP contribution >= 0.6 is 0 Å². The number of rotatable bonds is 12. The minimum atomic E-state index is -4.07. The predicted octanol–water partition coefficient (Wildman–Crippen LogP) is 4.83. The lowest BCUT2D eigenvalue weighted by Gasteiger charge is -2.33. The number of sulfonamides is 1. The maximum atomic E-state index is 14.0. The molecule has 0 saturated heterocycles. The zero-order valence-corrected chi connectivity index (χ0v) is 23.4. The molecule has 1 N–H and O–H groups in total. The van der Waals surface area contributed by atoms with Crippen molar-refractivity contribution in [2.24, 2.45) is 0 Å². The quantitative estimate of drug-likeness (QED) is 0.360. The van der Waals surface area contributed by atoms with Crippen LogP contribution in [-0.4, -0.2) is 44.3 Å². The zero-order chi connectivity index (χ0) is 27.7. The number of anilines is 1. The summed E-state index contributed by atoms with van der Waals surface area (Å²) in [7, 11) is -4.07.